The van der Waals surface area contributed by atoms with E-state index in [0.717, 1.165) is 112 Å². The van der Waals surface area contributed by atoms with Gasteiger partial charge in [-0.1, -0.05) is 121 Å². The summed E-state index contributed by atoms with van der Waals surface area (Å²) in [5.74, 6) is 0. The zero-order valence-electron chi connectivity index (χ0n) is 52.5. The lowest BCUT2D eigenvalue weighted by Crippen LogP contribution is -2.16. The molecule has 0 aliphatic carbocycles. The van der Waals surface area contributed by atoms with Crippen LogP contribution in [0.2, 0.25) is 0 Å². The number of para-hydroxylation sites is 4. The molecule has 0 radical (unpaired) electrons. The molecule has 476 valence electrons. The molecule has 16 rings (SSSR count). The first kappa shape index (κ1) is 61.8. The van der Waals surface area contributed by atoms with E-state index in [-0.39, 0.29) is 39.4 Å². The molecular formula is C82H50F9N7. The van der Waals surface area contributed by atoms with E-state index in [1.807, 2.05) is 158 Å². The summed E-state index contributed by atoms with van der Waals surface area (Å²) in [6.45, 7) is 22.8. The van der Waals surface area contributed by atoms with Gasteiger partial charge < -0.3 is 18.3 Å². The van der Waals surface area contributed by atoms with Gasteiger partial charge in [-0.3, -0.25) is 0 Å². The SMILES string of the molecule is [C-]#[N+]c1cc(-c2cc(-n3c4ccccc4c4ccc(C)cc43)c(C#N)c(-n3c4ccccc4c4ccc(C)cc43)c2)cc(C(F)(F)F)c1.[C-]#[N+]c1cc(-c2cc(-n3c4ccccc4c4ccc(C)cc43)c(C(F)(F)F)c(-n3c4ccccc4c4ccc(C)cc43)c2)cc(C(F)(F)F)c1. The van der Waals surface area contributed by atoms with Gasteiger partial charge in [0.2, 0.25) is 0 Å². The Balaban J connectivity index is 0.000000160. The van der Waals surface area contributed by atoms with Crippen LogP contribution < -0.4 is 0 Å². The Hall–Kier alpha value is -12.3. The molecule has 16 heteroatoms. The molecule has 0 unspecified atom stereocenters. The number of hydrogen-bond acceptors (Lipinski definition) is 1. The highest BCUT2D eigenvalue weighted by molar-refractivity contribution is 6.13. The number of rotatable bonds is 6. The first-order valence-corrected chi connectivity index (χ1v) is 31.0. The van der Waals surface area contributed by atoms with Crippen molar-refractivity contribution in [2.45, 2.75) is 46.2 Å². The second-order valence-electron chi connectivity index (χ2n) is 24.6. The van der Waals surface area contributed by atoms with E-state index in [1.165, 1.54) is 24.3 Å². The van der Waals surface area contributed by atoms with Crippen molar-refractivity contribution in [3.8, 4) is 51.1 Å². The second-order valence-corrected chi connectivity index (χ2v) is 24.6. The molecule has 7 nitrogen and oxygen atoms in total. The first-order chi connectivity index (χ1) is 47.0. The first-order valence-electron chi connectivity index (χ1n) is 31.0. The predicted octanol–water partition coefficient (Wildman–Crippen LogP) is 24.4. The summed E-state index contributed by atoms with van der Waals surface area (Å²) in [7, 11) is 0. The summed E-state index contributed by atoms with van der Waals surface area (Å²) >= 11 is 0. The van der Waals surface area contributed by atoms with Crippen molar-refractivity contribution in [2.75, 3.05) is 0 Å². The van der Waals surface area contributed by atoms with Crippen LogP contribution in [-0.2, 0) is 18.5 Å². The summed E-state index contributed by atoms with van der Waals surface area (Å²) in [6.07, 6.45) is -14.4. The molecule has 0 atom stereocenters. The third-order valence-corrected chi connectivity index (χ3v) is 18.3. The van der Waals surface area contributed by atoms with Gasteiger partial charge in [-0.15, -0.1) is 0 Å². The Morgan fingerprint density at radius 1 is 0.306 bits per heavy atom. The van der Waals surface area contributed by atoms with E-state index >= 15 is 13.2 Å². The Morgan fingerprint density at radius 3 is 0.847 bits per heavy atom. The van der Waals surface area contributed by atoms with Gasteiger partial charge in [0.05, 0.1) is 80.0 Å². The lowest BCUT2D eigenvalue weighted by atomic mass is 9.97. The minimum absolute atomic E-state index is 0.0315. The summed E-state index contributed by atoms with van der Waals surface area (Å²) in [5, 5.41) is 17.9. The third kappa shape index (κ3) is 10.3. The van der Waals surface area contributed by atoms with Gasteiger partial charge in [-0.25, -0.2) is 9.69 Å². The van der Waals surface area contributed by atoms with Crippen LogP contribution >= 0.6 is 0 Å². The molecule has 0 fully saturated rings. The average Bonchev–Trinajstić information content (AvgIpc) is 1.55. The third-order valence-electron chi connectivity index (χ3n) is 18.3. The van der Waals surface area contributed by atoms with E-state index in [1.54, 1.807) is 45.5 Å². The molecular weight excluding hydrogens is 1250 g/mol. The molecule has 98 heavy (non-hydrogen) atoms. The minimum Gasteiger partial charge on any atom is -0.309 e. The summed E-state index contributed by atoms with van der Waals surface area (Å²) in [5.41, 5.74) is 7.57. The maximum atomic E-state index is 15.9. The van der Waals surface area contributed by atoms with Crippen molar-refractivity contribution in [1.29, 1.82) is 5.26 Å². The quantitative estimate of drug-likeness (QED) is 0.121. The van der Waals surface area contributed by atoms with Crippen molar-refractivity contribution >= 4 is 98.6 Å². The molecule has 0 N–H and O–H groups in total. The predicted molar refractivity (Wildman–Crippen MR) is 372 cm³/mol. The molecule has 4 heterocycles. The van der Waals surface area contributed by atoms with Crippen LogP contribution in [0, 0.1) is 52.2 Å². The monoisotopic (exact) mass is 1300 g/mol. The molecule has 4 aromatic heterocycles. The number of fused-ring (bicyclic) bond motifs is 12. The normalized spacial score (nSPS) is 12.1. The highest BCUT2D eigenvalue weighted by atomic mass is 19.4. The average molecular weight is 1300 g/mol. The lowest BCUT2D eigenvalue weighted by molar-refractivity contribution is -0.138. The number of benzene rings is 12. The molecule has 0 spiro atoms. The summed E-state index contributed by atoms with van der Waals surface area (Å²) in [6, 6.07) is 68.6. The van der Waals surface area contributed by atoms with Crippen LogP contribution in [0.25, 0.3) is 142 Å². The number of nitrogens with zero attached hydrogens (tertiary/aromatic N) is 7. The molecule has 12 aromatic carbocycles. The van der Waals surface area contributed by atoms with Gasteiger partial charge in [0.1, 0.15) is 17.2 Å². The Morgan fingerprint density at radius 2 is 0.571 bits per heavy atom. The van der Waals surface area contributed by atoms with Crippen molar-refractivity contribution < 1.29 is 39.5 Å². The molecule has 0 amide bonds. The van der Waals surface area contributed by atoms with E-state index in [0.29, 0.717) is 44.6 Å². The van der Waals surface area contributed by atoms with Gasteiger partial charge in [-0.05, 0) is 181 Å². The van der Waals surface area contributed by atoms with Crippen LogP contribution in [-0.4, -0.2) is 18.3 Å². The van der Waals surface area contributed by atoms with Crippen LogP contribution in [0.15, 0.2) is 231 Å². The van der Waals surface area contributed by atoms with Crippen molar-refractivity contribution in [2.24, 2.45) is 0 Å². The maximum Gasteiger partial charge on any atom is 0.420 e. The van der Waals surface area contributed by atoms with Crippen molar-refractivity contribution in [1.82, 2.24) is 18.3 Å². The zero-order chi connectivity index (χ0) is 68.4. The minimum atomic E-state index is -4.91. The lowest BCUT2D eigenvalue weighted by Gasteiger charge is -2.23. The van der Waals surface area contributed by atoms with Gasteiger partial charge in [0.15, 0.2) is 11.4 Å². The molecule has 0 bridgehead atoms. The molecule has 16 aromatic rings. The molecule has 0 saturated carbocycles. The van der Waals surface area contributed by atoms with Gasteiger partial charge in [0.25, 0.3) is 0 Å². The fraction of sp³-hybridized carbons (Fsp3) is 0.0854. The van der Waals surface area contributed by atoms with Gasteiger partial charge in [0, 0.05) is 54.2 Å². The fourth-order valence-electron chi connectivity index (χ4n) is 14.0. The number of nitriles is 1. The van der Waals surface area contributed by atoms with Crippen LogP contribution in [0.3, 0.4) is 0 Å². The number of halogens is 9. The highest BCUT2D eigenvalue weighted by Crippen LogP contribution is 2.49. The fourth-order valence-corrected chi connectivity index (χ4v) is 14.0. The molecule has 0 aliphatic rings. The number of hydrogen-bond donors (Lipinski definition) is 0. The number of aryl methyl sites for hydroxylation is 4. The van der Waals surface area contributed by atoms with Crippen molar-refractivity contribution in [3.05, 3.63) is 298 Å². The Kier molecular flexibility index (Phi) is 14.5. The van der Waals surface area contributed by atoms with E-state index in [4.69, 9.17) is 13.1 Å². The Labute approximate surface area is 554 Å². The molecule has 0 aliphatic heterocycles. The largest absolute Gasteiger partial charge is 0.420 e. The van der Waals surface area contributed by atoms with Crippen LogP contribution in [0.4, 0.5) is 50.9 Å². The van der Waals surface area contributed by atoms with E-state index < -0.39 is 35.2 Å². The maximum absolute atomic E-state index is 15.9. The standard InChI is InChI=1S/C41H25F6N3.C41H25F3N4/c1-23-12-14-31-29-8-4-6-10-33(29)49(35(31)16-23)37-20-26(25-18-27(40(42,43)44)22-28(19-25)48-3)21-38(39(37)41(45,46)47)50-34-11-7-5-9-30(34)32-15-13-24(2)17-36(32)50;1-24-12-14-32-30-8-4-6-10-35(30)47(37(32)16-24)39-20-27(26-18-28(41(42,43)44)22-29(19-26)46-3)21-40(34(39)23-45)48-36-11-7-5-9-31(36)33-15-13-25(2)17-38(33)48/h4-22H,1-2H3;4-22H,1-2H3. The Bertz CT molecular complexity index is 5900. The summed E-state index contributed by atoms with van der Waals surface area (Å²) in [4.78, 5) is 6.65. The van der Waals surface area contributed by atoms with Gasteiger partial charge in [-0.2, -0.15) is 44.8 Å². The highest BCUT2D eigenvalue weighted by Gasteiger charge is 2.40. The zero-order valence-corrected chi connectivity index (χ0v) is 52.5. The second kappa shape index (κ2) is 23.0. The smallest absolute Gasteiger partial charge is 0.309 e. The van der Waals surface area contributed by atoms with Crippen LogP contribution in [0.5, 0.6) is 0 Å². The topological polar surface area (TPSA) is 52.2 Å². The van der Waals surface area contributed by atoms with E-state index in [9.17, 15) is 31.6 Å². The number of alkyl halides is 9. The van der Waals surface area contributed by atoms with E-state index in [2.05, 4.69) is 40.0 Å². The van der Waals surface area contributed by atoms with Crippen LogP contribution in [0.1, 0.15) is 44.5 Å². The van der Waals surface area contributed by atoms with Gasteiger partial charge >= 0.3 is 18.5 Å². The number of aromatic nitrogens is 4. The molecule has 0 saturated heterocycles. The van der Waals surface area contributed by atoms with Crippen molar-refractivity contribution in [3.63, 3.8) is 0 Å². The summed E-state index contributed by atoms with van der Waals surface area (Å²) < 4.78 is 140.